The van der Waals surface area contributed by atoms with Gasteiger partial charge < -0.3 is 30.1 Å². The van der Waals surface area contributed by atoms with Gasteiger partial charge in [-0.2, -0.15) is 0 Å². The Labute approximate surface area is 196 Å². The van der Waals surface area contributed by atoms with Gasteiger partial charge in [0, 0.05) is 31.6 Å². The third kappa shape index (κ3) is 6.07. The number of benzene rings is 1. The van der Waals surface area contributed by atoms with Crippen molar-refractivity contribution in [3.8, 4) is 0 Å². The van der Waals surface area contributed by atoms with Crippen molar-refractivity contribution >= 4 is 24.6 Å². The summed E-state index contributed by atoms with van der Waals surface area (Å²) in [5.74, 6) is 2.07. The Morgan fingerprint density at radius 1 is 0.941 bits per heavy atom. The zero-order valence-electron chi connectivity index (χ0n) is 18.6. The second kappa shape index (κ2) is 12.3. The highest BCUT2D eigenvalue weighted by Gasteiger charge is 2.30. The summed E-state index contributed by atoms with van der Waals surface area (Å²) in [6, 6.07) is 12.6. The molecule has 11 nitrogen and oxygen atoms in total. The van der Waals surface area contributed by atoms with Crippen LogP contribution in [-0.4, -0.2) is 73.9 Å². The normalized spacial score (nSPS) is 17.4. The number of aromatic nitrogens is 4. The van der Waals surface area contributed by atoms with Crippen LogP contribution >= 0.6 is 0 Å². The number of aliphatic hydroxyl groups is 1. The summed E-state index contributed by atoms with van der Waals surface area (Å²) in [4.78, 5) is 38.2. The molecule has 180 valence electrons. The Morgan fingerprint density at radius 2 is 1.56 bits per heavy atom. The molecule has 1 atom stereocenters. The molecule has 34 heavy (non-hydrogen) atoms. The molecule has 3 aromatic rings. The molecular formula is C23H28N6O5. The number of carbonyl (C=O) groups is 2. The number of hydrogen-bond donors (Lipinski definition) is 4. The summed E-state index contributed by atoms with van der Waals surface area (Å²) in [6.07, 6.45) is 4.82. The molecule has 0 radical (unpaired) electrons. The van der Waals surface area contributed by atoms with Gasteiger partial charge in [-0.15, -0.1) is 0 Å². The molecule has 1 saturated heterocycles. The first-order valence-electron chi connectivity index (χ1n) is 10.8. The number of nitrogens with zero attached hydrogens (tertiary/aromatic N) is 5. The Balaban J connectivity index is 0.000000492. The van der Waals surface area contributed by atoms with Gasteiger partial charge in [0.25, 0.3) is 12.9 Å². The van der Waals surface area contributed by atoms with E-state index in [2.05, 4.69) is 60.1 Å². The summed E-state index contributed by atoms with van der Waals surface area (Å²) in [7, 11) is 0. The van der Waals surface area contributed by atoms with Gasteiger partial charge in [0.05, 0.1) is 30.4 Å². The van der Waals surface area contributed by atoms with Crippen LogP contribution in [0.5, 0.6) is 0 Å². The Hall–Kier alpha value is -3.99. The maximum Gasteiger partial charge on any atom is 0.290 e. The lowest BCUT2D eigenvalue weighted by molar-refractivity contribution is -0.123. The fraction of sp³-hybridized carbons (Fsp3) is 0.348. The lowest BCUT2D eigenvalue weighted by Crippen LogP contribution is -2.37. The molecule has 4 N–H and O–H groups in total. The Bertz CT molecular complexity index is 1030. The summed E-state index contributed by atoms with van der Waals surface area (Å²) in [6.45, 7) is 2.74. The Kier molecular flexibility index (Phi) is 8.92. The van der Waals surface area contributed by atoms with E-state index in [4.69, 9.17) is 19.8 Å². The van der Waals surface area contributed by atoms with Gasteiger partial charge in [-0.25, -0.2) is 15.0 Å². The maximum absolute atomic E-state index is 9.77. The highest BCUT2D eigenvalue weighted by molar-refractivity contribution is 5.53. The topological polar surface area (TPSA) is 156 Å². The summed E-state index contributed by atoms with van der Waals surface area (Å²) in [5, 5.41) is 23.5. The number of H-pyrrole nitrogens is 1. The van der Waals surface area contributed by atoms with Crippen LogP contribution in [0.4, 0.5) is 11.6 Å². The van der Waals surface area contributed by atoms with Crippen LogP contribution in [-0.2, 0) is 16.1 Å². The number of carboxylic acid groups (broad SMARTS) is 2. The molecule has 2 aromatic heterocycles. The van der Waals surface area contributed by atoms with Gasteiger partial charge in [0.1, 0.15) is 18.0 Å². The van der Waals surface area contributed by atoms with Crippen molar-refractivity contribution in [3.05, 3.63) is 66.0 Å². The van der Waals surface area contributed by atoms with E-state index in [1.54, 1.807) is 12.7 Å². The van der Waals surface area contributed by atoms with Crippen molar-refractivity contribution < 1.29 is 24.9 Å². The highest BCUT2D eigenvalue weighted by atomic mass is 16.3. The van der Waals surface area contributed by atoms with Crippen molar-refractivity contribution in [3.63, 3.8) is 0 Å². The van der Waals surface area contributed by atoms with E-state index in [-0.39, 0.29) is 25.0 Å². The average molecular weight is 469 g/mol. The van der Waals surface area contributed by atoms with Crippen molar-refractivity contribution in [1.82, 2.24) is 19.9 Å². The first kappa shape index (κ1) is 24.6. The highest BCUT2D eigenvalue weighted by Crippen LogP contribution is 2.34. The quantitative estimate of drug-likeness (QED) is 0.417. The molecule has 1 fully saturated rings. The second-order valence-corrected chi connectivity index (χ2v) is 7.77. The molecule has 1 aromatic carbocycles. The minimum atomic E-state index is -0.250. The van der Waals surface area contributed by atoms with Crippen molar-refractivity contribution in [2.45, 2.75) is 31.4 Å². The second-order valence-electron chi connectivity index (χ2n) is 7.77. The predicted octanol–water partition coefficient (Wildman–Crippen LogP) is 1.71. The average Bonchev–Trinajstić information content (AvgIpc) is 3.34. The number of aromatic amines is 1. The number of hydrogen-bond acceptors (Lipinski definition) is 8. The van der Waals surface area contributed by atoms with Crippen LogP contribution in [0.3, 0.4) is 0 Å². The van der Waals surface area contributed by atoms with E-state index >= 15 is 0 Å². The number of aliphatic hydroxyl groups excluding tert-OH is 1. The lowest BCUT2D eigenvalue weighted by atomic mass is 9.91. The third-order valence-electron chi connectivity index (χ3n) is 5.79. The molecule has 0 bridgehead atoms. The minimum Gasteiger partial charge on any atom is -0.483 e. The number of rotatable bonds is 3. The molecule has 2 aliphatic rings. The van der Waals surface area contributed by atoms with Crippen molar-refractivity contribution in [2.24, 2.45) is 0 Å². The van der Waals surface area contributed by atoms with Gasteiger partial charge in [-0.3, -0.25) is 9.59 Å². The van der Waals surface area contributed by atoms with Crippen LogP contribution in [0.25, 0.3) is 0 Å². The molecule has 1 unspecified atom stereocenters. The van der Waals surface area contributed by atoms with E-state index in [1.165, 1.54) is 5.56 Å². The third-order valence-corrected chi connectivity index (χ3v) is 5.79. The summed E-state index contributed by atoms with van der Waals surface area (Å²) < 4.78 is 0. The fourth-order valence-electron chi connectivity index (χ4n) is 4.22. The minimum absolute atomic E-state index is 0.190. The van der Waals surface area contributed by atoms with E-state index in [0.29, 0.717) is 0 Å². The van der Waals surface area contributed by atoms with Crippen LogP contribution in [0, 0.1) is 0 Å². The van der Waals surface area contributed by atoms with Crippen molar-refractivity contribution in [2.75, 3.05) is 29.4 Å². The molecule has 5 rings (SSSR count). The zero-order chi connectivity index (χ0) is 24.3. The van der Waals surface area contributed by atoms with Crippen LogP contribution in [0.15, 0.2) is 49.1 Å². The molecule has 0 spiro atoms. The summed E-state index contributed by atoms with van der Waals surface area (Å²) in [5.41, 5.74) is 3.53. The fourth-order valence-corrected chi connectivity index (χ4v) is 4.22. The smallest absolute Gasteiger partial charge is 0.290 e. The number of nitrogens with one attached hydrogen (secondary N) is 1. The lowest BCUT2D eigenvalue weighted by Gasteiger charge is -2.34. The molecule has 0 saturated carbocycles. The SMILES string of the molecule is O=CO.O=CO.OC1CCN(c2cc(N3Cc4[nH]cnc4C(c4ccccc4)C3)ncn2)CC1. The van der Waals surface area contributed by atoms with Crippen LogP contribution in [0.1, 0.15) is 35.7 Å². The number of piperidine rings is 1. The van der Waals surface area contributed by atoms with Gasteiger partial charge in [0.15, 0.2) is 0 Å². The molecule has 2 aliphatic heterocycles. The van der Waals surface area contributed by atoms with Gasteiger partial charge in [0.2, 0.25) is 0 Å². The number of imidazole rings is 1. The molecule has 0 aliphatic carbocycles. The predicted molar refractivity (Wildman–Crippen MR) is 125 cm³/mol. The largest absolute Gasteiger partial charge is 0.483 e. The van der Waals surface area contributed by atoms with Crippen LogP contribution < -0.4 is 9.80 Å². The van der Waals surface area contributed by atoms with E-state index in [0.717, 1.165) is 62.0 Å². The molecule has 4 heterocycles. The first-order chi connectivity index (χ1) is 16.6. The van der Waals surface area contributed by atoms with Gasteiger partial charge >= 0.3 is 0 Å². The van der Waals surface area contributed by atoms with E-state index in [1.807, 2.05) is 6.07 Å². The van der Waals surface area contributed by atoms with E-state index in [9.17, 15) is 5.11 Å². The standard InChI is InChI=1S/C21H24N6O.2CH2O2/c28-16-6-8-26(9-7-16)19-10-20(24-14-23-19)27-11-17(15-4-2-1-3-5-15)21-18(12-27)22-13-25-21;2*2-1-3/h1-5,10,13-14,16-17,28H,6-9,11-12H2,(H,22,25);2*1H,(H,2,3). The number of anilines is 2. The van der Waals surface area contributed by atoms with Crippen LogP contribution in [0.2, 0.25) is 0 Å². The van der Waals surface area contributed by atoms with E-state index < -0.39 is 0 Å². The Morgan fingerprint density at radius 3 is 2.21 bits per heavy atom. The molecule has 0 amide bonds. The number of fused-ring (bicyclic) bond motifs is 1. The van der Waals surface area contributed by atoms with Gasteiger partial charge in [-0.1, -0.05) is 30.3 Å². The summed E-state index contributed by atoms with van der Waals surface area (Å²) >= 11 is 0. The van der Waals surface area contributed by atoms with Gasteiger partial charge in [-0.05, 0) is 18.4 Å². The van der Waals surface area contributed by atoms with Crippen molar-refractivity contribution in [1.29, 1.82) is 0 Å². The first-order valence-corrected chi connectivity index (χ1v) is 10.8. The molecular weight excluding hydrogens is 440 g/mol. The molecule has 11 heteroatoms. The maximum atomic E-state index is 9.77. The monoisotopic (exact) mass is 468 g/mol. The zero-order valence-corrected chi connectivity index (χ0v) is 18.6.